The highest BCUT2D eigenvalue weighted by Crippen LogP contribution is 2.20. The van der Waals surface area contributed by atoms with Crippen LogP contribution in [0.5, 0.6) is 0 Å². The zero-order valence-corrected chi connectivity index (χ0v) is 13.0. The lowest BCUT2D eigenvalue weighted by Gasteiger charge is -2.08. The summed E-state index contributed by atoms with van der Waals surface area (Å²) in [6.07, 6.45) is 0. The van der Waals surface area contributed by atoms with Crippen LogP contribution in [0.25, 0.3) is 0 Å². The molecule has 2 aromatic rings. The lowest BCUT2D eigenvalue weighted by molar-refractivity contribution is 0.0951. The summed E-state index contributed by atoms with van der Waals surface area (Å²) in [5.74, 6) is -0.307. The Balaban J connectivity index is 2.05. The first kappa shape index (κ1) is 14.2. The van der Waals surface area contributed by atoms with Gasteiger partial charge in [0.05, 0.1) is 9.35 Å². The van der Waals surface area contributed by atoms with E-state index in [2.05, 4.69) is 21.2 Å². The van der Waals surface area contributed by atoms with Crippen LogP contribution >= 0.6 is 27.3 Å². The van der Waals surface area contributed by atoms with Crippen molar-refractivity contribution in [1.82, 2.24) is 5.32 Å². The van der Waals surface area contributed by atoms with E-state index < -0.39 is 0 Å². The fourth-order valence-corrected chi connectivity index (χ4v) is 2.99. The number of aryl methyl sites for hydroxylation is 2. The number of benzene rings is 1. The van der Waals surface area contributed by atoms with Crippen molar-refractivity contribution in [2.45, 2.75) is 20.4 Å². The molecule has 0 aliphatic heterocycles. The van der Waals surface area contributed by atoms with Gasteiger partial charge in [-0.2, -0.15) is 0 Å². The van der Waals surface area contributed by atoms with Crippen LogP contribution in [0, 0.1) is 19.7 Å². The molecule has 5 heteroatoms. The molecular weight excluding hydrogens is 329 g/mol. The number of hydrogen-bond acceptors (Lipinski definition) is 2. The molecule has 0 aliphatic carbocycles. The predicted molar refractivity (Wildman–Crippen MR) is 79.1 cm³/mol. The number of hydrogen-bond donors (Lipinski definition) is 1. The normalized spacial score (nSPS) is 10.5. The van der Waals surface area contributed by atoms with Crippen LogP contribution in [-0.2, 0) is 6.54 Å². The number of carbonyl (C=O) groups excluding carboxylic acids is 1. The van der Waals surface area contributed by atoms with Crippen LogP contribution in [-0.4, -0.2) is 5.91 Å². The Morgan fingerprint density at radius 1 is 1.32 bits per heavy atom. The van der Waals surface area contributed by atoms with E-state index in [1.807, 2.05) is 0 Å². The first-order valence-electron chi connectivity index (χ1n) is 5.75. The average Bonchev–Trinajstić information content (AvgIpc) is 2.79. The molecule has 2 nitrogen and oxygen atoms in total. The average molecular weight is 342 g/mol. The summed E-state index contributed by atoms with van der Waals surface area (Å²) < 4.78 is 14.4. The molecule has 0 saturated carbocycles. The van der Waals surface area contributed by atoms with Crippen LogP contribution < -0.4 is 5.32 Å². The highest BCUT2D eigenvalue weighted by atomic mass is 79.9. The Kier molecular flexibility index (Phi) is 4.37. The van der Waals surface area contributed by atoms with Gasteiger partial charge in [-0.3, -0.25) is 4.79 Å². The Labute approximate surface area is 123 Å². The van der Waals surface area contributed by atoms with Gasteiger partial charge in [0.25, 0.3) is 5.91 Å². The van der Waals surface area contributed by atoms with Crippen LogP contribution in [0.3, 0.4) is 0 Å². The van der Waals surface area contributed by atoms with E-state index in [4.69, 9.17) is 0 Å². The number of carbonyl (C=O) groups is 1. The lowest BCUT2D eigenvalue weighted by atomic mass is 10.1. The molecule has 0 radical (unpaired) electrons. The van der Waals surface area contributed by atoms with E-state index >= 15 is 0 Å². The Morgan fingerprint density at radius 2 is 1.95 bits per heavy atom. The molecule has 1 aromatic carbocycles. The standard InChI is InChI=1S/C14H13BrFNOS/c1-8-3-10(4-9(2)13(8)16)6-17-14(18)11-5-12(15)19-7-11/h3-5,7H,6H2,1-2H3,(H,17,18). The number of amides is 1. The minimum atomic E-state index is -0.183. The van der Waals surface area contributed by atoms with E-state index in [0.29, 0.717) is 23.2 Å². The maximum atomic E-state index is 13.5. The minimum Gasteiger partial charge on any atom is -0.348 e. The SMILES string of the molecule is Cc1cc(CNC(=O)c2csc(Br)c2)cc(C)c1F. The van der Waals surface area contributed by atoms with E-state index in [-0.39, 0.29) is 11.7 Å². The first-order valence-corrected chi connectivity index (χ1v) is 7.42. The largest absolute Gasteiger partial charge is 0.348 e. The summed E-state index contributed by atoms with van der Waals surface area (Å²) in [6.45, 7) is 3.85. The predicted octanol–water partition coefficient (Wildman–Crippen LogP) is 4.20. The van der Waals surface area contributed by atoms with Gasteiger partial charge < -0.3 is 5.32 Å². The van der Waals surface area contributed by atoms with Gasteiger partial charge in [0.1, 0.15) is 5.82 Å². The van der Waals surface area contributed by atoms with E-state index in [1.54, 1.807) is 37.4 Å². The zero-order valence-electron chi connectivity index (χ0n) is 10.6. The number of halogens is 2. The summed E-state index contributed by atoms with van der Waals surface area (Å²) in [6, 6.07) is 5.29. The Bertz CT molecular complexity index is 601. The molecule has 0 atom stereocenters. The van der Waals surface area contributed by atoms with Crippen molar-refractivity contribution >= 4 is 33.2 Å². The molecule has 0 spiro atoms. The molecule has 0 fully saturated rings. The molecule has 0 bridgehead atoms. The lowest BCUT2D eigenvalue weighted by Crippen LogP contribution is -2.22. The number of rotatable bonds is 3. The fraction of sp³-hybridized carbons (Fsp3) is 0.214. The number of thiophene rings is 1. The molecule has 19 heavy (non-hydrogen) atoms. The van der Waals surface area contributed by atoms with Crippen LogP contribution in [0.15, 0.2) is 27.4 Å². The van der Waals surface area contributed by atoms with Crippen molar-refractivity contribution in [3.05, 3.63) is 55.4 Å². The second kappa shape index (κ2) is 5.84. The van der Waals surface area contributed by atoms with Gasteiger partial charge in [0.15, 0.2) is 0 Å². The Morgan fingerprint density at radius 3 is 2.47 bits per heavy atom. The van der Waals surface area contributed by atoms with Gasteiger partial charge >= 0.3 is 0 Å². The second-order valence-electron chi connectivity index (χ2n) is 4.37. The van der Waals surface area contributed by atoms with Crippen molar-refractivity contribution < 1.29 is 9.18 Å². The summed E-state index contributed by atoms with van der Waals surface area (Å²) in [5, 5.41) is 4.62. The second-order valence-corrected chi connectivity index (χ2v) is 6.66. The fourth-order valence-electron chi connectivity index (χ4n) is 1.85. The van der Waals surface area contributed by atoms with E-state index in [9.17, 15) is 9.18 Å². The molecule has 0 unspecified atom stereocenters. The summed E-state index contributed by atoms with van der Waals surface area (Å²) in [7, 11) is 0. The third-order valence-electron chi connectivity index (χ3n) is 2.78. The smallest absolute Gasteiger partial charge is 0.252 e. The molecule has 0 saturated heterocycles. The van der Waals surface area contributed by atoms with Gasteiger partial charge in [-0.05, 0) is 52.5 Å². The van der Waals surface area contributed by atoms with Crippen LogP contribution in [0.1, 0.15) is 27.0 Å². The highest BCUT2D eigenvalue weighted by molar-refractivity contribution is 9.11. The number of nitrogens with one attached hydrogen (secondary N) is 1. The third kappa shape index (κ3) is 3.42. The molecule has 1 aromatic heterocycles. The van der Waals surface area contributed by atoms with Gasteiger partial charge in [0.2, 0.25) is 0 Å². The summed E-state index contributed by atoms with van der Waals surface area (Å²) in [4.78, 5) is 11.9. The maximum Gasteiger partial charge on any atom is 0.252 e. The van der Waals surface area contributed by atoms with Crippen molar-refractivity contribution in [3.63, 3.8) is 0 Å². The minimum absolute atomic E-state index is 0.124. The summed E-state index contributed by atoms with van der Waals surface area (Å²) >= 11 is 4.79. The maximum absolute atomic E-state index is 13.5. The molecule has 2 rings (SSSR count). The monoisotopic (exact) mass is 341 g/mol. The Hall–Kier alpha value is -1.20. The topological polar surface area (TPSA) is 29.1 Å². The molecular formula is C14H13BrFNOS. The van der Waals surface area contributed by atoms with Crippen molar-refractivity contribution in [1.29, 1.82) is 0 Å². The molecule has 0 aliphatic rings. The molecule has 1 N–H and O–H groups in total. The van der Waals surface area contributed by atoms with Gasteiger partial charge in [-0.15, -0.1) is 11.3 Å². The molecule has 100 valence electrons. The van der Waals surface area contributed by atoms with Gasteiger partial charge in [0, 0.05) is 11.9 Å². The molecule has 1 amide bonds. The van der Waals surface area contributed by atoms with Crippen molar-refractivity contribution in [2.75, 3.05) is 0 Å². The van der Waals surface area contributed by atoms with Gasteiger partial charge in [-0.25, -0.2) is 4.39 Å². The van der Waals surface area contributed by atoms with Crippen molar-refractivity contribution in [3.8, 4) is 0 Å². The van der Waals surface area contributed by atoms with Crippen LogP contribution in [0.2, 0.25) is 0 Å². The summed E-state index contributed by atoms with van der Waals surface area (Å²) in [5.41, 5.74) is 2.73. The highest BCUT2D eigenvalue weighted by Gasteiger charge is 2.09. The molecule has 1 heterocycles. The first-order chi connectivity index (χ1) is 8.97. The van der Waals surface area contributed by atoms with E-state index in [0.717, 1.165) is 9.35 Å². The zero-order chi connectivity index (χ0) is 14.0. The van der Waals surface area contributed by atoms with Crippen LogP contribution in [0.4, 0.5) is 4.39 Å². The van der Waals surface area contributed by atoms with Crippen molar-refractivity contribution in [2.24, 2.45) is 0 Å². The third-order valence-corrected chi connectivity index (χ3v) is 4.28. The van der Waals surface area contributed by atoms with E-state index in [1.165, 1.54) is 11.3 Å². The van der Waals surface area contributed by atoms with Gasteiger partial charge in [-0.1, -0.05) is 12.1 Å². The quantitative estimate of drug-likeness (QED) is 0.890.